The first-order valence-corrected chi connectivity index (χ1v) is 6.53. The van der Waals surface area contributed by atoms with Crippen LogP contribution in [0.4, 0.5) is 10.5 Å². The lowest BCUT2D eigenvalue weighted by molar-refractivity contribution is -0.136. The lowest BCUT2D eigenvalue weighted by Crippen LogP contribution is -2.28. The molecular formula is C16H16N2O3. The summed E-state index contributed by atoms with van der Waals surface area (Å²) in [5.74, 6) is -0.936. The van der Waals surface area contributed by atoms with Crippen LogP contribution in [-0.2, 0) is 17.8 Å². The van der Waals surface area contributed by atoms with E-state index in [1.807, 2.05) is 30.3 Å². The number of carboxylic acid groups (broad SMARTS) is 1. The number of nitrogens with one attached hydrogen (secondary N) is 2. The largest absolute Gasteiger partial charge is 0.481 e. The Kier molecular flexibility index (Phi) is 4.93. The normalized spacial score (nSPS) is 9.90. The summed E-state index contributed by atoms with van der Waals surface area (Å²) in [6.07, 6.45) is -0.130. The number of amides is 2. The van der Waals surface area contributed by atoms with Crippen LogP contribution in [0, 0.1) is 0 Å². The van der Waals surface area contributed by atoms with E-state index in [1.54, 1.807) is 24.3 Å². The van der Waals surface area contributed by atoms with Gasteiger partial charge in [-0.25, -0.2) is 4.79 Å². The van der Waals surface area contributed by atoms with Crippen molar-refractivity contribution in [1.29, 1.82) is 0 Å². The Bertz CT molecular complexity index is 626. The van der Waals surface area contributed by atoms with Gasteiger partial charge >= 0.3 is 12.0 Å². The summed E-state index contributed by atoms with van der Waals surface area (Å²) in [5.41, 5.74) is 2.07. The van der Waals surface area contributed by atoms with Crippen LogP contribution in [0.15, 0.2) is 54.6 Å². The second-order valence-electron chi connectivity index (χ2n) is 4.52. The van der Waals surface area contributed by atoms with Gasteiger partial charge in [0.05, 0.1) is 6.42 Å². The van der Waals surface area contributed by atoms with Crippen molar-refractivity contribution in [2.75, 3.05) is 5.32 Å². The van der Waals surface area contributed by atoms with Crippen molar-refractivity contribution in [3.05, 3.63) is 65.7 Å². The highest BCUT2D eigenvalue weighted by Crippen LogP contribution is 2.15. The third-order valence-electron chi connectivity index (χ3n) is 2.90. The van der Waals surface area contributed by atoms with E-state index >= 15 is 0 Å². The predicted molar refractivity (Wildman–Crippen MR) is 80.1 cm³/mol. The first-order valence-electron chi connectivity index (χ1n) is 6.53. The van der Waals surface area contributed by atoms with Gasteiger partial charge in [-0.2, -0.15) is 0 Å². The van der Waals surface area contributed by atoms with Crippen LogP contribution in [0.25, 0.3) is 0 Å². The Morgan fingerprint density at radius 2 is 1.62 bits per heavy atom. The van der Waals surface area contributed by atoms with Crippen molar-refractivity contribution < 1.29 is 14.7 Å². The molecule has 0 saturated carbocycles. The average Bonchev–Trinajstić information content (AvgIpc) is 2.48. The Morgan fingerprint density at radius 1 is 0.952 bits per heavy atom. The van der Waals surface area contributed by atoms with E-state index in [2.05, 4.69) is 10.6 Å². The lowest BCUT2D eigenvalue weighted by atomic mass is 10.1. The molecule has 0 bridgehead atoms. The molecule has 0 unspecified atom stereocenters. The molecule has 0 fully saturated rings. The fourth-order valence-corrected chi connectivity index (χ4v) is 1.90. The molecule has 108 valence electrons. The van der Waals surface area contributed by atoms with Crippen molar-refractivity contribution in [2.45, 2.75) is 13.0 Å². The molecule has 0 radical (unpaired) electrons. The molecule has 5 nitrogen and oxygen atoms in total. The molecule has 3 N–H and O–H groups in total. The van der Waals surface area contributed by atoms with Crippen molar-refractivity contribution in [3.8, 4) is 0 Å². The first kappa shape index (κ1) is 14.6. The van der Waals surface area contributed by atoms with Gasteiger partial charge in [0, 0.05) is 12.2 Å². The second-order valence-corrected chi connectivity index (χ2v) is 4.52. The summed E-state index contributed by atoms with van der Waals surface area (Å²) in [4.78, 5) is 22.6. The van der Waals surface area contributed by atoms with Gasteiger partial charge in [0.2, 0.25) is 0 Å². The zero-order valence-corrected chi connectivity index (χ0v) is 11.4. The average molecular weight is 284 g/mol. The molecule has 0 aliphatic carbocycles. The monoisotopic (exact) mass is 284 g/mol. The third kappa shape index (κ3) is 4.65. The highest BCUT2D eigenvalue weighted by atomic mass is 16.4. The molecule has 0 atom stereocenters. The Labute approximate surface area is 122 Å². The van der Waals surface area contributed by atoms with E-state index in [0.717, 1.165) is 5.56 Å². The van der Waals surface area contributed by atoms with Crippen LogP contribution >= 0.6 is 0 Å². The van der Waals surface area contributed by atoms with Crippen LogP contribution in [0.2, 0.25) is 0 Å². The van der Waals surface area contributed by atoms with Crippen LogP contribution in [0.3, 0.4) is 0 Å². The zero-order chi connectivity index (χ0) is 15.1. The minimum atomic E-state index is -0.936. The highest BCUT2D eigenvalue weighted by Gasteiger charge is 2.08. The van der Waals surface area contributed by atoms with E-state index in [4.69, 9.17) is 5.11 Å². The van der Waals surface area contributed by atoms with Gasteiger partial charge in [0.1, 0.15) is 0 Å². The molecular weight excluding hydrogens is 268 g/mol. The van der Waals surface area contributed by atoms with E-state index in [1.165, 1.54) is 0 Å². The summed E-state index contributed by atoms with van der Waals surface area (Å²) in [6.45, 7) is 0.410. The van der Waals surface area contributed by atoms with E-state index in [0.29, 0.717) is 17.8 Å². The summed E-state index contributed by atoms with van der Waals surface area (Å²) in [6, 6.07) is 16.0. The lowest BCUT2D eigenvalue weighted by Gasteiger charge is -2.11. The van der Waals surface area contributed by atoms with E-state index in [-0.39, 0.29) is 12.5 Å². The van der Waals surface area contributed by atoms with Gasteiger partial charge < -0.3 is 15.7 Å². The molecule has 0 aliphatic heterocycles. The topological polar surface area (TPSA) is 78.4 Å². The van der Waals surface area contributed by atoms with Crippen LogP contribution < -0.4 is 10.6 Å². The SMILES string of the molecule is O=C(O)Cc1ccccc1NC(=O)NCc1ccccc1. The minimum absolute atomic E-state index is 0.130. The number of urea groups is 1. The number of para-hydroxylation sites is 1. The number of carbonyl (C=O) groups is 2. The molecule has 2 rings (SSSR count). The number of benzene rings is 2. The van der Waals surface area contributed by atoms with Crippen molar-refractivity contribution in [3.63, 3.8) is 0 Å². The highest BCUT2D eigenvalue weighted by molar-refractivity contribution is 5.90. The molecule has 2 aromatic carbocycles. The summed E-state index contributed by atoms with van der Waals surface area (Å²) in [7, 11) is 0. The summed E-state index contributed by atoms with van der Waals surface area (Å²) < 4.78 is 0. The number of anilines is 1. The van der Waals surface area contributed by atoms with Crippen LogP contribution in [0.1, 0.15) is 11.1 Å². The minimum Gasteiger partial charge on any atom is -0.481 e. The molecule has 0 saturated heterocycles. The molecule has 0 aliphatic rings. The Balaban J connectivity index is 1.95. The fourth-order valence-electron chi connectivity index (χ4n) is 1.90. The molecule has 2 aromatic rings. The first-order chi connectivity index (χ1) is 10.1. The summed E-state index contributed by atoms with van der Waals surface area (Å²) in [5, 5.41) is 14.3. The molecule has 5 heteroatoms. The molecule has 0 heterocycles. The number of rotatable bonds is 5. The predicted octanol–water partition coefficient (Wildman–Crippen LogP) is 2.64. The standard InChI is InChI=1S/C16H16N2O3/c19-15(20)10-13-8-4-5-9-14(13)18-16(21)17-11-12-6-2-1-3-7-12/h1-9H,10-11H2,(H,19,20)(H2,17,18,21). The Morgan fingerprint density at radius 3 is 2.33 bits per heavy atom. The van der Waals surface area contributed by atoms with Crippen LogP contribution in [0.5, 0.6) is 0 Å². The molecule has 2 amide bonds. The van der Waals surface area contributed by atoms with E-state index < -0.39 is 5.97 Å². The molecule has 0 aromatic heterocycles. The number of aliphatic carboxylic acids is 1. The summed E-state index contributed by atoms with van der Waals surface area (Å²) >= 11 is 0. The quantitative estimate of drug-likeness (QED) is 0.789. The molecule has 21 heavy (non-hydrogen) atoms. The Hall–Kier alpha value is -2.82. The number of hydrogen-bond acceptors (Lipinski definition) is 2. The maximum absolute atomic E-state index is 11.9. The third-order valence-corrected chi connectivity index (χ3v) is 2.90. The second kappa shape index (κ2) is 7.09. The maximum atomic E-state index is 11.9. The maximum Gasteiger partial charge on any atom is 0.319 e. The van der Waals surface area contributed by atoms with Gasteiger partial charge in [0.25, 0.3) is 0 Å². The number of carboxylic acids is 1. The van der Waals surface area contributed by atoms with E-state index in [9.17, 15) is 9.59 Å². The zero-order valence-electron chi connectivity index (χ0n) is 11.4. The van der Waals surface area contributed by atoms with Crippen LogP contribution in [-0.4, -0.2) is 17.1 Å². The van der Waals surface area contributed by atoms with Gasteiger partial charge in [-0.05, 0) is 17.2 Å². The van der Waals surface area contributed by atoms with Gasteiger partial charge in [-0.1, -0.05) is 48.5 Å². The fraction of sp³-hybridized carbons (Fsp3) is 0.125. The van der Waals surface area contributed by atoms with Gasteiger partial charge in [0.15, 0.2) is 0 Å². The van der Waals surface area contributed by atoms with Gasteiger partial charge in [-0.15, -0.1) is 0 Å². The number of carbonyl (C=O) groups excluding carboxylic acids is 1. The number of hydrogen-bond donors (Lipinski definition) is 3. The van der Waals surface area contributed by atoms with Crippen molar-refractivity contribution >= 4 is 17.7 Å². The van der Waals surface area contributed by atoms with Crippen molar-refractivity contribution in [1.82, 2.24) is 5.32 Å². The smallest absolute Gasteiger partial charge is 0.319 e. The molecule has 0 spiro atoms. The van der Waals surface area contributed by atoms with Crippen molar-refractivity contribution in [2.24, 2.45) is 0 Å². The van der Waals surface area contributed by atoms with Gasteiger partial charge in [-0.3, -0.25) is 4.79 Å².